The highest BCUT2D eigenvalue weighted by molar-refractivity contribution is 6.34. The van der Waals surface area contributed by atoms with E-state index >= 15 is 0 Å². The molecule has 15 heavy (non-hydrogen) atoms. The minimum Gasteiger partial charge on any atom is -0.399 e. The lowest BCUT2D eigenvalue weighted by molar-refractivity contribution is 0.0959. The second kappa shape index (κ2) is 5.28. The maximum atomic E-state index is 11.6. The number of halogens is 1. The fraction of sp³-hybridized carbons (Fsp3) is 0.182. The molecule has 0 saturated carbocycles. The number of anilines is 1. The molecule has 0 aliphatic rings. The Kier molecular flexibility index (Phi) is 4.02. The van der Waals surface area contributed by atoms with Gasteiger partial charge in [0.05, 0.1) is 17.1 Å². The van der Waals surface area contributed by atoms with Gasteiger partial charge in [-0.3, -0.25) is 4.79 Å². The molecule has 3 nitrogen and oxygen atoms in total. The van der Waals surface area contributed by atoms with E-state index in [-0.39, 0.29) is 5.91 Å². The smallest absolute Gasteiger partial charge is 0.253 e. The molecular weight excluding hydrogens is 212 g/mol. The summed E-state index contributed by atoms with van der Waals surface area (Å²) in [5.74, 6) is 5.14. The molecule has 0 heterocycles. The van der Waals surface area contributed by atoms with Crippen molar-refractivity contribution in [2.24, 2.45) is 0 Å². The van der Waals surface area contributed by atoms with Crippen molar-refractivity contribution in [3.8, 4) is 11.8 Å². The molecule has 0 saturated heterocycles. The Morgan fingerprint density at radius 3 is 3.00 bits per heavy atom. The van der Waals surface area contributed by atoms with Gasteiger partial charge in [0, 0.05) is 5.69 Å². The number of amides is 1. The van der Waals surface area contributed by atoms with Crippen LogP contribution in [-0.4, -0.2) is 12.5 Å². The first kappa shape index (κ1) is 11.4. The van der Waals surface area contributed by atoms with Crippen LogP contribution in [0, 0.1) is 11.8 Å². The molecule has 0 aliphatic heterocycles. The fourth-order valence-corrected chi connectivity index (χ4v) is 1.23. The van der Waals surface area contributed by atoms with E-state index in [1.807, 2.05) is 0 Å². The van der Waals surface area contributed by atoms with Crippen LogP contribution in [0.15, 0.2) is 18.2 Å². The lowest BCUT2D eigenvalue weighted by Crippen LogP contribution is -2.24. The van der Waals surface area contributed by atoms with Gasteiger partial charge in [-0.1, -0.05) is 17.5 Å². The predicted octanol–water partition coefficient (Wildman–Crippen LogP) is 1.68. The van der Waals surface area contributed by atoms with Gasteiger partial charge in [0.15, 0.2) is 0 Å². The van der Waals surface area contributed by atoms with Crippen LogP contribution in [0.3, 0.4) is 0 Å². The van der Waals surface area contributed by atoms with Gasteiger partial charge in [-0.05, 0) is 25.1 Å². The highest BCUT2D eigenvalue weighted by Crippen LogP contribution is 2.18. The molecule has 1 rings (SSSR count). The van der Waals surface area contributed by atoms with E-state index in [0.717, 1.165) is 0 Å². The summed E-state index contributed by atoms with van der Waals surface area (Å²) in [5, 5.41) is 3.00. The van der Waals surface area contributed by atoms with E-state index in [1.54, 1.807) is 19.1 Å². The topological polar surface area (TPSA) is 55.1 Å². The van der Waals surface area contributed by atoms with Crippen LogP contribution in [0.1, 0.15) is 17.3 Å². The summed E-state index contributed by atoms with van der Waals surface area (Å²) in [5.41, 5.74) is 6.43. The third kappa shape index (κ3) is 3.19. The summed E-state index contributed by atoms with van der Waals surface area (Å²) in [6.45, 7) is 2.01. The zero-order valence-electron chi connectivity index (χ0n) is 8.30. The van der Waals surface area contributed by atoms with E-state index < -0.39 is 0 Å². The number of carbonyl (C=O) groups is 1. The van der Waals surface area contributed by atoms with Crippen molar-refractivity contribution in [1.82, 2.24) is 5.32 Å². The zero-order valence-corrected chi connectivity index (χ0v) is 9.06. The highest BCUT2D eigenvalue weighted by Gasteiger charge is 2.09. The number of nitrogens with two attached hydrogens (primary N) is 1. The number of hydrogen-bond donors (Lipinski definition) is 2. The third-order valence-electron chi connectivity index (χ3n) is 1.75. The molecule has 0 fully saturated rings. The Labute approximate surface area is 93.6 Å². The van der Waals surface area contributed by atoms with Crippen LogP contribution in [0.2, 0.25) is 5.02 Å². The van der Waals surface area contributed by atoms with E-state index in [4.69, 9.17) is 17.3 Å². The Morgan fingerprint density at radius 1 is 1.60 bits per heavy atom. The maximum absolute atomic E-state index is 11.6. The van der Waals surface area contributed by atoms with Crippen molar-refractivity contribution < 1.29 is 4.79 Å². The molecule has 1 aromatic carbocycles. The molecule has 0 spiro atoms. The minimum absolute atomic E-state index is 0.268. The predicted molar refractivity (Wildman–Crippen MR) is 61.6 cm³/mol. The number of nitrogen functional groups attached to an aromatic ring is 1. The Bertz CT molecular complexity index is 432. The molecule has 0 bridgehead atoms. The lowest BCUT2D eigenvalue weighted by Gasteiger charge is -2.04. The van der Waals surface area contributed by atoms with Gasteiger partial charge in [-0.15, -0.1) is 5.92 Å². The average Bonchev–Trinajstić information content (AvgIpc) is 2.22. The van der Waals surface area contributed by atoms with Crippen LogP contribution < -0.4 is 11.1 Å². The van der Waals surface area contributed by atoms with Gasteiger partial charge in [0.25, 0.3) is 5.91 Å². The molecule has 3 N–H and O–H groups in total. The molecule has 0 radical (unpaired) electrons. The number of rotatable bonds is 2. The number of benzene rings is 1. The van der Waals surface area contributed by atoms with Gasteiger partial charge in [0.1, 0.15) is 0 Å². The monoisotopic (exact) mass is 222 g/mol. The van der Waals surface area contributed by atoms with Crippen LogP contribution in [0.25, 0.3) is 0 Å². The largest absolute Gasteiger partial charge is 0.399 e. The van der Waals surface area contributed by atoms with E-state index in [2.05, 4.69) is 17.2 Å². The Morgan fingerprint density at radius 2 is 2.33 bits per heavy atom. The van der Waals surface area contributed by atoms with E-state index in [0.29, 0.717) is 22.8 Å². The third-order valence-corrected chi connectivity index (χ3v) is 2.08. The second-order valence-corrected chi connectivity index (χ2v) is 3.26. The summed E-state index contributed by atoms with van der Waals surface area (Å²) in [6, 6.07) is 4.78. The van der Waals surface area contributed by atoms with Crippen molar-refractivity contribution in [2.45, 2.75) is 6.92 Å². The molecule has 78 valence electrons. The summed E-state index contributed by atoms with van der Waals surface area (Å²) < 4.78 is 0. The van der Waals surface area contributed by atoms with E-state index in [1.165, 1.54) is 6.07 Å². The molecule has 0 aliphatic carbocycles. The standard InChI is InChI=1S/C11H11ClN2O/c1-2-3-6-14-11(15)9-7-8(13)4-5-10(9)12/h4-5,7H,6,13H2,1H3,(H,14,15). The summed E-state index contributed by atoms with van der Waals surface area (Å²) >= 11 is 5.85. The lowest BCUT2D eigenvalue weighted by atomic mass is 10.2. The number of carbonyl (C=O) groups excluding carboxylic acids is 1. The normalized spacial score (nSPS) is 8.93. The Balaban J connectivity index is 2.80. The molecular formula is C11H11ClN2O. The Hall–Kier alpha value is -1.66. The quantitative estimate of drug-likeness (QED) is 0.591. The highest BCUT2D eigenvalue weighted by atomic mass is 35.5. The van der Waals surface area contributed by atoms with Gasteiger partial charge in [-0.2, -0.15) is 0 Å². The van der Waals surface area contributed by atoms with Crippen molar-refractivity contribution in [1.29, 1.82) is 0 Å². The maximum Gasteiger partial charge on any atom is 0.253 e. The van der Waals surface area contributed by atoms with Gasteiger partial charge in [-0.25, -0.2) is 0 Å². The van der Waals surface area contributed by atoms with Crippen molar-refractivity contribution >= 4 is 23.2 Å². The molecule has 4 heteroatoms. The molecule has 1 aromatic rings. The van der Waals surface area contributed by atoms with E-state index in [9.17, 15) is 4.79 Å². The average molecular weight is 223 g/mol. The number of nitrogens with one attached hydrogen (secondary N) is 1. The van der Waals surface area contributed by atoms with Crippen molar-refractivity contribution in [3.05, 3.63) is 28.8 Å². The fourth-order valence-electron chi connectivity index (χ4n) is 1.02. The molecule has 0 unspecified atom stereocenters. The SMILES string of the molecule is CC#CCNC(=O)c1cc(N)ccc1Cl. The summed E-state index contributed by atoms with van der Waals surface area (Å²) in [7, 11) is 0. The molecule has 1 amide bonds. The van der Waals surface area contributed by atoms with Gasteiger partial charge < -0.3 is 11.1 Å². The van der Waals surface area contributed by atoms with Crippen LogP contribution >= 0.6 is 11.6 Å². The molecule has 0 atom stereocenters. The first-order valence-corrected chi connectivity index (χ1v) is 4.75. The first-order valence-electron chi connectivity index (χ1n) is 4.38. The van der Waals surface area contributed by atoms with Crippen molar-refractivity contribution in [3.63, 3.8) is 0 Å². The van der Waals surface area contributed by atoms with Gasteiger partial charge in [0.2, 0.25) is 0 Å². The van der Waals surface area contributed by atoms with Crippen LogP contribution in [0.4, 0.5) is 5.69 Å². The van der Waals surface area contributed by atoms with Crippen LogP contribution in [0.5, 0.6) is 0 Å². The van der Waals surface area contributed by atoms with Gasteiger partial charge >= 0.3 is 0 Å². The second-order valence-electron chi connectivity index (χ2n) is 2.85. The summed E-state index contributed by atoms with van der Waals surface area (Å²) in [6.07, 6.45) is 0. The summed E-state index contributed by atoms with van der Waals surface area (Å²) in [4.78, 5) is 11.6. The first-order chi connectivity index (χ1) is 7.15. The van der Waals surface area contributed by atoms with Crippen LogP contribution in [-0.2, 0) is 0 Å². The van der Waals surface area contributed by atoms with Crippen molar-refractivity contribution in [2.75, 3.05) is 12.3 Å². The molecule has 0 aromatic heterocycles. The zero-order chi connectivity index (χ0) is 11.3. The number of hydrogen-bond acceptors (Lipinski definition) is 2. The minimum atomic E-state index is -0.268.